The summed E-state index contributed by atoms with van der Waals surface area (Å²) in [5.74, 6) is 0. The molecule has 0 unspecified atom stereocenters. The Kier molecular flexibility index (Phi) is 18.0. The highest BCUT2D eigenvalue weighted by Gasteiger charge is 2.21. The number of halogens is 2. The van der Waals surface area contributed by atoms with Crippen molar-refractivity contribution in [1.29, 1.82) is 0 Å². The molecule has 0 saturated carbocycles. The van der Waals surface area contributed by atoms with Crippen molar-refractivity contribution in [3.05, 3.63) is 29.4 Å². The molecule has 0 aliphatic carbocycles. The fourth-order valence-corrected chi connectivity index (χ4v) is 5.05. The van der Waals surface area contributed by atoms with Crippen LogP contribution in [0, 0.1) is 17.3 Å². The molecule has 0 aliphatic heterocycles. The van der Waals surface area contributed by atoms with Gasteiger partial charge in [-0.1, -0.05) is 104 Å². The molecule has 1 rings (SSSR count). The lowest BCUT2D eigenvalue weighted by atomic mass is 10.1. The van der Waals surface area contributed by atoms with Gasteiger partial charge in [0.05, 0.1) is 4.92 Å². The van der Waals surface area contributed by atoms with Crippen LogP contribution in [0.25, 0.3) is 0 Å². The highest BCUT2D eigenvalue weighted by atomic mass is 127. The predicted octanol–water partition coefficient (Wildman–Crippen LogP) is 9.89. The summed E-state index contributed by atoms with van der Waals surface area (Å²) in [6, 6.07) is 3.77. The zero-order chi connectivity index (χ0) is 23.6. The molecule has 6 heteroatoms. The average molecular weight is 670 g/mol. The van der Waals surface area contributed by atoms with Crippen molar-refractivity contribution in [3.63, 3.8) is 0 Å². The summed E-state index contributed by atoms with van der Waals surface area (Å²) in [5.41, 5.74) is 1.07. The van der Waals surface area contributed by atoms with Crippen LogP contribution in [-0.4, -0.2) is 18.0 Å². The Balaban J connectivity index is 2.61. The Hall–Kier alpha value is -0.120. The Bertz CT molecular complexity index is 620. The van der Waals surface area contributed by atoms with Crippen molar-refractivity contribution >= 4 is 56.6 Å². The van der Waals surface area contributed by atoms with Crippen LogP contribution in [0.15, 0.2) is 12.1 Å². The van der Waals surface area contributed by atoms with E-state index in [9.17, 15) is 10.1 Å². The third-order valence-electron chi connectivity index (χ3n) is 6.12. The van der Waals surface area contributed by atoms with Gasteiger partial charge in [-0.25, -0.2) is 0 Å². The molecule has 0 aliphatic rings. The minimum absolute atomic E-state index is 0.206. The lowest BCUT2D eigenvalue weighted by molar-refractivity contribution is -0.384. The first-order chi connectivity index (χ1) is 15.5. The number of nitro benzene ring substituents is 1. The maximum Gasteiger partial charge on any atom is 0.293 e. The van der Waals surface area contributed by atoms with Gasteiger partial charge < -0.3 is 4.90 Å². The molecule has 0 atom stereocenters. The summed E-state index contributed by atoms with van der Waals surface area (Å²) in [6.07, 6.45) is 20.5. The van der Waals surface area contributed by atoms with Gasteiger partial charge in [-0.2, -0.15) is 0 Å². The first kappa shape index (κ1) is 29.9. The van der Waals surface area contributed by atoms with Gasteiger partial charge in [-0.05, 0) is 64.1 Å². The van der Waals surface area contributed by atoms with E-state index in [-0.39, 0.29) is 10.6 Å². The first-order valence-electron chi connectivity index (χ1n) is 12.9. The summed E-state index contributed by atoms with van der Waals surface area (Å²) < 4.78 is 2.05. The molecular formula is C26H44I2N2O2. The molecule has 0 spiro atoms. The third kappa shape index (κ3) is 12.9. The Morgan fingerprint density at radius 3 is 1.47 bits per heavy atom. The molecule has 32 heavy (non-hydrogen) atoms. The molecule has 184 valence electrons. The molecule has 4 nitrogen and oxygen atoms in total. The largest absolute Gasteiger partial charge is 0.366 e. The number of hydrogen-bond donors (Lipinski definition) is 0. The molecule has 0 N–H and O–H groups in total. The molecule has 0 radical (unpaired) electrons. The molecule has 1 aromatic rings. The lowest BCUT2D eigenvalue weighted by Crippen LogP contribution is -2.26. The zero-order valence-electron chi connectivity index (χ0n) is 20.3. The molecule has 0 saturated heterocycles. The molecule has 0 aromatic heterocycles. The summed E-state index contributed by atoms with van der Waals surface area (Å²) in [7, 11) is 0. The van der Waals surface area contributed by atoms with E-state index in [1.54, 1.807) is 6.07 Å². The molecule has 1 aromatic carbocycles. The van der Waals surface area contributed by atoms with E-state index in [4.69, 9.17) is 0 Å². The van der Waals surface area contributed by atoms with Gasteiger partial charge in [-0.15, -0.1) is 0 Å². The van der Waals surface area contributed by atoms with Gasteiger partial charge in [0.1, 0.15) is 5.69 Å². The van der Waals surface area contributed by atoms with Crippen molar-refractivity contribution in [3.8, 4) is 0 Å². The second-order valence-electron chi connectivity index (χ2n) is 8.95. The van der Waals surface area contributed by atoms with Crippen molar-refractivity contribution in [2.45, 2.75) is 117 Å². The molecule has 0 bridgehead atoms. The van der Waals surface area contributed by atoms with Gasteiger partial charge in [0.15, 0.2) is 0 Å². The third-order valence-corrected chi connectivity index (χ3v) is 8.94. The van der Waals surface area contributed by atoms with E-state index in [2.05, 4.69) is 63.9 Å². The Morgan fingerprint density at radius 2 is 1.06 bits per heavy atom. The van der Waals surface area contributed by atoms with Crippen LogP contribution in [0.1, 0.15) is 117 Å². The standard InChI is InChI=1S/C26H44I2N2O2/c1-3-5-7-9-11-13-15-17-19-29(20-18-16-14-12-10-8-6-4-2)25-21-23(27)24(28)22-26(25)30(31)32/h21-22H,3-20H2,1-2H3. The first-order valence-corrected chi connectivity index (χ1v) is 15.0. The van der Waals surface area contributed by atoms with Crippen molar-refractivity contribution in [1.82, 2.24) is 0 Å². The van der Waals surface area contributed by atoms with Gasteiger partial charge in [0.25, 0.3) is 5.69 Å². The highest BCUT2D eigenvalue weighted by Crippen LogP contribution is 2.33. The second-order valence-corrected chi connectivity index (χ2v) is 11.3. The number of nitro groups is 1. The maximum atomic E-state index is 11.8. The van der Waals surface area contributed by atoms with Crippen LogP contribution in [-0.2, 0) is 0 Å². The Morgan fingerprint density at radius 1 is 0.688 bits per heavy atom. The monoisotopic (exact) mass is 670 g/mol. The summed E-state index contributed by atoms with van der Waals surface area (Å²) >= 11 is 4.50. The van der Waals surface area contributed by atoms with E-state index in [0.29, 0.717) is 0 Å². The topological polar surface area (TPSA) is 46.4 Å². The van der Waals surface area contributed by atoms with E-state index in [0.717, 1.165) is 38.8 Å². The predicted molar refractivity (Wildman–Crippen MR) is 156 cm³/mol. The van der Waals surface area contributed by atoms with Crippen molar-refractivity contribution < 1.29 is 4.92 Å². The van der Waals surface area contributed by atoms with Crippen LogP contribution in [0.3, 0.4) is 0 Å². The molecule has 0 heterocycles. The minimum Gasteiger partial charge on any atom is -0.366 e. The van der Waals surface area contributed by atoms with E-state index < -0.39 is 0 Å². The summed E-state index contributed by atoms with van der Waals surface area (Å²) in [4.78, 5) is 13.9. The van der Waals surface area contributed by atoms with Gasteiger partial charge in [0.2, 0.25) is 0 Å². The number of anilines is 1. The van der Waals surface area contributed by atoms with E-state index in [1.165, 1.54) is 89.9 Å². The SMILES string of the molecule is CCCCCCCCCCN(CCCCCCCCCC)c1cc(I)c(I)cc1[N+](=O)[O-]. The van der Waals surface area contributed by atoms with Crippen LogP contribution in [0.5, 0.6) is 0 Å². The average Bonchev–Trinajstić information content (AvgIpc) is 2.77. The smallest absolute Gasteiger partial charge is 0.293 e. The number of hydrogen-bond acceptors (Lipinski definition) is 3. The van der Waals surface area contributed by atoms with Gasteiger partial charge >= 0.3 is 0 Å². The second kappa shape index (κ2) is 19.2. The van der Waals surface area contributed by atoms with Crippen molar-refractivity contribution in [2.24, 2.45) is 0 Å². The Labute approximate surface area is 224 Å². The minimum atomic E-state index is -0.206. The number of benzene rings is 1. The number of rotatable bonds is 20. The number of unbranched alkanes of at least 4 members (excludes halogenated alkanes) is 14. The fraction of sp³-hybridized carbons (Fsp3) is 0.769. The van der Waals surface area contributed by atoms with Gasteiger partial charge in [-0.3, -0.25) is 10.1 Å². The lowest BCUT2D eigenvalue weighted by Gasteiger charge is -2.25. The fourth-order valence-electron chi connectivity index (χ4n) is 4.15. The number of nitrogens with zero attached hydrogens (tertiary/aromatic N) is 2. The van der Waals surface area contributed by atoms with E-state index >= 15 is 0 Å². The van der Waals surface area contributed by atoms with Crippen LogP contribution >= 0.6 is 45.2 Å². The summed E-state index contributed by atoms with van der Waals surface area (Å²) in [6.45, 7) is 6.35. The highest BCUT2D eigenvalue weighted by molar-refractivity contribution is 14.1. The molecule has 0 amide bonds. The van der Waals surface area contributed by atoms with Crippen LogP contribution in [0.4, 0.5) is 11.4 Å². The quantitative estimate of drug-likeness (QED) is 0.0601. The van der Waals surface area contributed by atoms with E-state index in [1.807, 2.05) is 6.07 Å². The molecular weight excluding hydrogens is 626 g/mol. The van der Waals surface area contributed by atoms with Crippen molar-refractivity contribution in [2.75, 3.05) is 18.0 Å². The maximum absolute atomic E-state index is 11.8. The van der Waals surface area contributed by atoms with Crippen LogP contribution in [0.2, 0.25) is 0 Å². The normalized spacial score (nSPS) is 11.1. The van der Waals surface area contributed by atoms with Gasteiger partial charge in [0, 0.05) is 26.3 Å². The van der Waals surface area contributed by atoms with Crippen LogP contribution < -0.4 is 4.90 Å². The molecule has 0 fully saturated rings. The zero-order valence-corrected chi connectivity index (χ0v) is 24.7. The summed E-state index contributed by atoms with van der Waals surface area (Å²) in [5, 5.41) is 11.8.